The van der Waals surface area contributed by atoms with Gasteiger partial charge in [0.15, 0.2) is 12.4 Å². The molecule has 7 heteroatoms. The van der Waals surface area contributed by atoms with Crippen LogP contribution in [0.3, 0.4) is 0 Å². The smallest absolute Gasteiger partial charge is 0.309 e. The van der Waals surface area contributed by atoms with Crippen LogP contribution in [0.15, 0.2) is 24.3 Å². The lowest BCUT2D eigenvalue weighted by Gasteiger charge is -2.31. The number of nitrogens with one attached hydrogen (secondary N) is 1. The summed E-state index contributed by atoms with van der Waals surface area (Å²) in [5.41, 5.74) is 0.515. The molecular formula is C23H30N2O5. The highest BCUT2D eigenvalue weighted by Gasteiger charge is 2.36. The number of Topliss-reactive ketones (excluding diaryl/α,β-unsaturated/α-hetero) is 1. The van der Waals surface area contributed by atoms with Crippen LogP contribution in [-0.2, 0) is 19.1 Å². The molecule has 162 valence electrons. The quantitative estimate of drug-likeness (QED) is 0.570. The molecule has 2 fully saturated rings. The van der Waals surface area contributed by atoms with Gasteiger partial charge in [0.25, 0.3) is 0 Å². The van der Waals surface area contributed by atoms with Crippen molar-refractivity contribution in [2.45, 2.75) is 46.5 Å². The molecule has 1 N–H and O–H groups in total. The molecule has 0 radical (unpaired) electrons. The van der Waals surface area contributed by atoms with Gasteiger partial charge in [-0.3, -0.25) is 19.2 Å². The molecule has 1 aromatic carbocycles. The number of carbonyl (C=O) groups is 4. The van der Waals surface area contributed by atoms with Gasteiger partial charge in [-0.05, 0) is 49.9 Å². The van der Waals surface area contributed by atoms with E-state index in [1.54, 1.807) is 24.3 Å². The number of piperidine rings is 1. The molecular weight excluding hydrogens is 384 g/mol. The predicted molar refractivity (Wildman–Crippen MR) is 112 cm³/mol. The molecule has 3 rings (SSSR count). The molecule has 0 spiro atoms. The Balaban J connectivity index is 1.43. The van der Waals surface area contributed by atoms with Crippen LogP contribution in [0, 0.1) is 17.3 Å². The van der Waals surface area contributed by atoms with Crippen LogP contribution >= 0.6 is 0 Å². The Hall–Kier alpha value is -2.70. The second-order valence-electron chi connectivity index (χ2n) is 9.19. The first kappa shape index (κ1) is 22.0. The van der Waals surface area contributed by atoms with Gasteiger partial charge < -0.3 is 15.0 Å². The van der Waals surface area contributed by atoms with Crippen LogP contribution in [0.25, 0.3) is 0 Å². The third-order valence-corrected chi connectivity index (χ3v) is 5.56. The van der Waals surface area contributed by atoms with E-state index in [-0.39, 0.29) is 42.0 Å². The van der Waals surface area contributed by atoms with Crippen molar-refractivity contribution in [2.75, 3.05) is 25.0 Å². The third-order valence-electron chi connectivity index (χ3n) is 5.56. The molecule has 30 heavy (non-hydrogen) atoms. The molecule has 1 saturated heterocycles. The monoisotopic (exact) mass is 414 g/mol. The van der Waals surface area contributed by atoms with Gasteiger partial charge in [0.05, 0.1) is 5.92 Å². The number of rotatable bonds is 6. The summed E-state index contributed by atoms with van der Waals surface area (Å²) >= 11 is 0. The van der Waals surface area contributed by atoms with Crippen LogP contribution in [-0.4, -0.2) is 48.2 Å². The SMILES string of the molecule is CC(C)(C)C(=O)Nc1ccc(C(=O)COC(=O)C2CCN(C(=O)C3CC3)CC2)cc1. The molecule has 0 atom stereocenters. The molecule has 0 unspecified atom stereocenters. The van der Waals surface area contributed by atoms with E-state index in [0.717, 1.165) is 12.8 Å². The Morgan fingerprint density at radius 3 is 2.10 bits per heavy atom. The van der Waals surface area contributed by atoms with Gasteiger partial charge in [-0.2, -0.15) is 0 Å². The van der Waals surface area contributed by atoms with Crippen molar-refractivity contribution in [3.8, 4) is 0 Å². The summed E-state index contributed by atoms with van der Waals surface area (Å²) in [6, 6.07) is 6.53. The predicted octanol–water partition coefficient (Wildman–Crippen LogP) is 3.05. The first-order chi connectivity index (χ1) is 14.1. The number of anilines is 1. The Morgan fingerprint density at radius 1 is 0.967 bits per heavy atom. The third kappa shape index (κ3) is 5.68. The molecule has 2 amide bonds. The number of likely N-dealkylation sites (tertiary alicyclic amines) is 1. The summed E-state index contributed by atoms with van der Waals surface area (Å²) in [4.78, 5) is 50.6. The Morgan fingerprint density at radius 2 is 1.57 bits per heavy atom. The topological polar surface area (TPSA) is 92.8 Å². The van der Waals surface area contributed by atoms with Crippen molar-refractivity contribution in [3.63, 3.8) is 0 Å². The minimum Gasteiger partial charge on any atom is -0.457 e. The van der Waals surface area contributed by atoms with Gasteiger partial charge in [-0.15, -0.1) is 0 Å². The number of hydrogen-bond donors (Lipinski definition) is 1. The molecule has 1 aliphatic heterocycles. The standard InChI is InChI=1S/C23H30N2O5/c1-23(2,3)22(29)24-18-8-6-15(7-9-18)19(26)14-30-21(28)17-10-12-25(13-11-17)20(27)16-4-5-16/h6-9,16-17H,4-5,10-14H2,1-3H3,(H,24,29). The van der Waals surface area contributed by atoms with E-state index in [2.05, 4.69) is 5.32 Å². The molecule has 0 aromatic heterocycles. The van der Waals surface area contributed by atoms with Crippen molar-refractivity contribution >= 4 is 29.3 Å². The average Bonchev–Trinajstić information content (AvgIpc) is 3.56. The normalized spacial score (nSPS) is 17.4. The van der Waals surface area contributed by atoms with Crippen molar-refractivity contribution in [2.24, 2.45) is 17.3 Å². The maximum Gasteiger partial charge on any atom is 0.309 e. The lowest BCUT2D eigenvalue weighted by atomic mass is 9.95. The summed E-state index contributed by atoms with van der Waals surface area (Å²) < 4.78 is 5.23. The van der Waals surface area contributed by atoms with E-state index in [1.165, 1.54) is 0 Å². The van der Waals surface area contributed by atoms with Crippen molar-refractivity contribution in [3.05, 3.63) is 29.8 Å². The lowest BCUT2D eigenvalue weighted by molar-refractivity contribution is -0.150. The van der Waals surface area contributed by atoms with Gasteiger partial charge in [0.1, 0.15) is 0 Å². The van der Waals surface area contributed by atoms with Crippen molar-refractivity contribution in [1.29, 1.82) is 0 Å². The fourth-order valence-electron chi connectivity index (χ4n) is 3.32. The van der Waals surface area contributed by atoms with Gasteiger partial charge in [-0.25, -0.2) is 0 Å². The Labute approximate surface area is 177 Å². The van der Waals surface area contributed by atoms with E-state index in [9.17, 15) is 19.2 Å². The number of nitrogens with zero attached hydrogens (tertiary/aromatic N) is 1. The zero-order valence-electron chi connectivity index (χ0n) is 17.9. The summed E-state index contributed by atoms with van der Waals surface area (Å²) in [6.07, 6.45) is 3.11. The van der Waals surface area contributed by atoms with Gasteiger partial charge in [0.2, 0.25) is 11.8 Å². The highest BCUT2D eigenvalue weighted by atomic mass is 16.5. The Kier molecular flexibility index (Phi) is 6.58. The number of esters is 1. The number of carbonyl (C=O) groups excluding carboxylic acids is 4. The van der Waals surface area contributed by atoms with E-state index >= 15 is 0 Å². The highest BCUT2D eigenvalue weighted by Crippen LogP contribution is 2.32. The first-order valence-corrected chi connectivity index (χ1v) is 10.6. The molecule has 7 nitrogen and oxygen atoms in total. The zero-order chi connectivity index (χ0) is 21.9. The second-order valence-corrected chi connectivity index (χ2v) is 9.19. The van der Waals surface area contributed by atoms with E-state index in [4.69, 9.17) is 4.74 Å². The molecule has 1 saturated carbocycles. The molecule has 1 heterocycles. The van der Waals surface area contributed by atoms with E-state index in [0.29, 0.717) is 37.2 Å². The lowest BCUT2D eigenvalue weighted by Crippen LogP contribution is -2.41. The molecule has 0 bridgehead atoms. The van der Waals surface area contributed by atoms with E-state index in [1.807, 2.05) is 25.7 Å². The van der Waals surface area contributed by atoms with Crippen LogP contribution in [0.5, 0.6) is 0 Å². The average molecular weight is 415 g/mol. The second kappa shape index (κ2) is 8.98. The van der Waals surface area contributed by atoms with Gasteiger partial charge >= 0.3 is 5.97 Å². The maximum absolute atomic E-state index is 12.3. The molecule has 1 aliphatic carbocycles. The highest BCUT2D eigenvalue weighted by molar-refractivity contribution is 5.99. The summed E-state index contributed by atoms with van der Waals surface area (Å²) in [7, 11) is 0. The number of ketones is 1. The molecule has 1 aromatic rings. The van der Waals surface area contributed by atoms with Gasteiger partial charge in [-0.1, -0.05) is 20.8 Å². The fraction of sp³-hybridized carbons (Fsp3) is 0.565. The summed E-state index contributed by atoms with van der Waals surface area (Å²) in [5.74, 6) is -0.649. The van der Waals surface area contributed by atoms with Crippen molar-refractivity contribution < 1.29 is 23.9 Å². The first-order valence-electron chi connectivity index (χ1n) is 10.6. The maximum atomic E-state index is 12.3. The number of hydrogen-bond acceptors (Lipinski definition) is 5. The minimum absolute atomic E-state index is 0.111. The molecule has 2 aliphatic rings. The van der Waals surface area contributed by atoms with Crippen molar-refractivity contribution in [1.82, 2.24) is 4.90 Å². The number of benzene rings is 1. The van der Waals surface area contributed by atoms with Crippen LogP contribution in [0.1, 0.15) is 56.8 Å². The number of ether oxygens (including phenoxy) is 1. The Bertz CT molecular complexity index is 813. The summed E-state index contributed by atoms with van der Waals surface area (Å²) in [6.45, 7) is 6.31. The van der Waals surface area contributed by atoms with Crippen LogP contribution in [0.4, 0.5) is 5.69 Å². The van der Waals surface area contributed by atoms with E-state index < -0.39 is 5.41 Å². The van der Waals surface area contributed by atoms with Crippen LogP contribution in [0.2, 0.25) is 0 Å². The zero-order valence-corrected chi connectivity index (χ0v) is 17.9. The van der Waals surface area contributed by atoms with Crippen LogP contribution < -0.4 is 5.32 Å². The summed E-state index contributed by atoms with van der Waals surface area (Å²) in [5, 5.41) is 2.80. The minimum atomic E-state index is -0.510. The number of amides is 2. The fourth-order valence-corrected chi connectivity index (χ4v) is 3.32. The largest absolute Gasteiger partial charge is 0.457 e. The van der Waals surface area contributed by atoms with Gasteiger partial charge in [0, 0.05) is 35.7 Å².